The maximum Gasteiger partial charge on any atom is 0.341 e. The van der Waals surface area contributed by atoms with Gasteiger partial charge in [0.2, 0.25) is 0 Å². The summed E-state index contributed by atoms with van der Waals surface area (Å²) in [5.74, 6) is 0.215. The summed E-state index contributed by atoms with van der Waals surface area (Å²) in [6, 6.07) is 7.50. The first-order valence-electron chi connectivity index (χ1n) is 9.49. The van der Waals surface area contributed by atoms with E-state index >= 15 is 0 Å². The molecule has 0 atom stereocenters. The van der Waals surface area contributed by atoms with Crippen molar-refractivity contribution in [3.63, 3.8) is 0 Å². The molecule has 1 aromatic carbocycles. The molecule has 0 spiro atoms. The van der Waals surface area contributed by atoms with Gasteiger partial charge in [0.15, 0.2) is 0 Å². The van der Waals surface area contributed by atoms with Gasteiger partial charge in [0.1, 0.15) is 5.00 Å². The molecular weight excluding hydrogens is 394 g/mol. The second-order valence-corrected chi connectivity index (χ2v) is 8.67. The summed E-state index contributed by atoms with van der Waals surface area (Å²) in [6.07, 6.45) is 3.98. The van der Waals surface area contributed by atoms with Crippen LogP contribution in [0.3, 0.4) is 0 Å². The predicted molar refractivity (Wildman–Crippen MR) is 114 cm³/mol. The molecule has 0 unspecified atom stereocenters. The van der Waals surface area contributed by atoms with E-state index in [4.69, 9.17) is 9.47 Å². The Morgan fingerprint density at radius 3 is 2.79 bits per heavy atom. The SMILES string of the molecule is CCOC(=O)c1c(NC(=O)c2ccccc2SCCOC)sc2c1CCCC2. The Bertz CT molecular complexity index is 847. The number of carbonyl (C=O) groups is 2. The van der Waals surface area contributed by atoms with Gasteiger partial charge < -0.3 is 14.8 Å². The highest BCUT2D eigenvalue weighted by atomic mass is 32.2. The molecule has 2 aromatic rings. The molecule has 3 rings (SSSR count). The summed E-state index contributed by atoms with van der Waals surface area (Å²) in [7, 11) is 1.66. The number of ether oxygens (including phenoxy) is 2. The van der Waals surface area contributed by atoms with Crippen LogP contribution < -0.4 is 5.32 Å². The Labute approximate surface area is 173 Å². The van der Waals surface area contributed by atoms with Crippen LogP contribution in [0.5, 0.6) is 0 Å². The maximum atomic E-state index is 13.0. The van der Waals surface area contributed by atoms with Crippen LogP contribution in [0.1, 0.15) is 50.9 Å². The highest BCUT2D eigenvalue weighted by Crippen LogP contribution is 2.39. The average molecular weight is 420 g/mol. The zero-order valence-corrected chi connectivity index (χ0v) is 17.8. The molecule has 0 fully saturated rings. The van der Waals surface area contributed by atoms with Gasteiger partial charge in [-0.15, -0.1) is 23.1 Å². The maximum absolute atomic E-state index is 13.0. The number of hydrogen-bond donors (Lipinski definition) is 1. The molecule has 1 aromatic heterocycles. The summed E-state index contributed by atoms with van der Waals surface area (Å²) < 4.78 is 10.4. The van der Waals surface area contributed by atoms with Gasteiger partial charge in [-0.25, -0.2) is 4.79 Å². The molecule has 1 aliphatic carbocycles. The molecule has 7 heteroatoms. The number of nitrogens with one attached hydrogen (secondary N) is 1. The smallest absolute Gasteiger partial charge is 0.341 e. The molecule has 0 aliphatic heterocycles. The van der Waals surface area contributed by atoms with Crippen LogP contribution in [0, 0.1) is 0 Å². The minimum absolute atomic E-state index is 0.204. The Hall–Kier alpha value is -1.83. The Balaban J connectivity index is 1.87. The van der Waals surface area contributed by atoms with Crippen molar-refractivity contribution in [2.45, 2.75) is 37.5 Å². The number of amides is 1. The molecule has 0 bridgehead atoms. The van der Waals surface area contributed by atoms with Crippen LogP contribution in [0.15, 0.2) is 29.2 Å². The predicted octanol–water partition coefficient (Wildman–Crippen LogP) is 4.79. The summed E-state index contributed by atoms with van der Waals surface area (Å²) >= 11 is 3.09. The van der Waals surface area contributed by atoms with Gasteiger partial charge in [-0.2, -0.15) is 0 Å². The fourth-order valence-corrected chi connectivity index (χ4v) is 5.49. The van der Waals surface area contributed by atoms with Crippen LogP contribution >= 0.6 is 23.1 Å². The van der Waals surface area contributed by atoms with Gasteiger partial charge in [-0.05, 0) is 50.3 Å². The van der Waals surface area contributed by atoms with Crippen molar-refractivity contribution >= 4 is 40.0 Å². The van der Waals surface area contributed by atoms with E-state index < -0.39 is 0 Å². The van der Waals surface area contributed by atoms with Gasteiger partial charge in [-0.1, -0.05) is 12.1 Å². The number of fused-ring (bicyclic) bond motifs is 1. The lowest BCUT2D eigenvalue weighted by Gasteiger charge is -2.12. The summed E-state index contributed by atoms with van der Waals surface area (Å²) in [5.41, 5.74) is 2.19. The molecule has 0 saturated heterocycles. The molecule has 0 radical (unpaired) electrons. The highest BCUT2D eigenvalue weighted by molar-refractivity contribution is 7.99. The molecule has 28 heavy (non-hydrogen) atoms. The van der Waals surface area contributed by atoms with E-state index in [0.29, 0.717) is 29.3 Å². The lowest BCUT2D eigenvalue weighted by molar-refractivity contribution is 0.0526. The van der Waals surface area contributed by atoms with E-state index in [2.05, 4.69) is 5.32 Å². The number of anilines is 1. The number of carbonyl (C=O) groups excluding carboxylic acids is 2. The van der Waals surface area contributed by atoms with E-state index in [9.17, 15) is 9.59 Å². The topological polar surface area (TPSA) is 64.6 Å². The van der Waals surface area contributed by atoms with Crippen molar-refractivity contribution in [1.29, 1.82) is 0 Å². The van der Waals surface area contributed by atoms with Gasteiger partial charge in [-0.3, -0.25) is 4.79 Å². The van der Waals surface area contributed by atoms with E-state index in [-0.39, 0.29) is 11.9 Å². The number of methoxy groups -OCH3 is 1. The number of rotatable bonds is 8. The minimum atomic E-state index is -0.347. The van der Waals surface area contributed by atoms with Crippen LogP contribution in [0.2, 0.25) is 0 Å². The van der Waals surface area contributed by atoms with Gasteiger partial charge >= 0.3 is 5.97 Å². The molecule has 0 saturated carbocycles. The third-order valence-electron chi connectivity index (χ3n) is 4.55. The van der Waals surface area contributed by atoms with Gasteiger partial charge in [0.05, 0.1) is 24.3 Å². The second kappa shape index (κ2) is 10.1. The van der Waals surface area contributed by atoms with Gasteiger partial charge in [0.25, 0.3) is 5.91 Å². The first-order valence-corrected chi connectivity index (χ1v) is 11.3. The fraction of sp³-hybridized carbons (Fsp3) is 0.429. The van der Waals surface area contributed by atoms with Crippen LogP contribution in [0.25, 0.3) is 0 Å². The van der Waals surface area contributed by atoms with Crippen molar-refractivity contribution in [2.75, 3.05) is 31.4 Å². The van der Waals surface area contributed by atoms with Crippen LogP contribution in [-0.4, -0.2) is 38.0 Å². The summed E-state index contributed by atoms with van der Waals surface area (Å²) in [5, 5.41) is 3.59. The summed E-state index contributed by atoms with van der Waals surface area (Å²) in [4.78, 5) is 27.7. The first kappa shape index (κ1) is 20.9. The van der Waals surface area contributed by atoms with E-state index in [1.807, 2.05) is 24.3 Å². The minimum Gasteiger partial charge on any atom is -0.462 e. The molecule has 1 heterocycles. The van der Waals surface area contributed by atoms with E-state index in [1.54, 1.807) is 25.8 Å². The van der Waals surface area contributed by atoms with Crippen molar-refractivity contribution < 1.29 is 19.1 Å². The summed E-state index contributed by atoms with van der Waals surface area (Å²) in [6.45, 7) is 2.73. The third-order valence-corrected chi connectivity index (χ3v) is 6.80. The van der Waals surface area contributed by atoms with Crippen LogP contribution in [0.4, 0.5) is 5.00 Å². The quantitative estimate of drug-likeness (QED) is 0.378. The molecule has 150 valence electrons. The molecule has 1 amide bonds. The number of aryl methyl sites for hydroxylation is 1. The van der Waals surface area contributed by atoms with Crippen molar-refractivity contribution in [3.8, 4) is 0 Å². The zero-order valence-electron chi connectivity index (χ0n) is 16.2. The number of thioether (sulfide) groups is 1. The van der Waals surface area contributed by atoms with Crippen LogP contribution in [-0.2, 0) is 22.3 Å². The molecule has 1 aliphatic rings. The number of hydrogen-bond acceptors (Lipinski definition) is 6. The van der Waals surface area contributed by atoms with E-state index in [1.165, 1.54) is 16.2 Å². The fourth-order valence-electron chi connectivity index (χ4n) is 3.26. The van der Waals surface area contributed by atoms with Crippen molar-refractivity contribution in [2.24, 2.45) is 0 Å². The Morgan fingerprint density at radius 1 is 1.21 bits per heavy atom. The zero-order chi connectivity index (χ0) is 19.9. The lowest BCUT2D eigenvalue weighted by Crippen LogP contribution is -2.16. The molecule has 1 N–H and O–H groups in total. The molecular formula is C21H25NO4S2. The second-order valence-electron chi connectivity index (χ2n) is 6.43. The molecule has 5 nitrogen and oxygen atoms in total. The number of esters is 1. The normalized spacial score (nSPS) is 13.1. The van der Waals surface area contributed by atoms with Crippen molar-refractivity contribution in [3.05, 3.63) is 45.8 Å². The average Bonchev–Trinajstić information content (AvgIpc) is 3.06. The monoisotopic (exact) mass is 419 g/mol. The Morgan fingerprint density at radius 2 is 2.00 bits per heavy atom. The van der Waals surface area contributed by atoms with Gasteiger partial charge in [0, 0.05) is 22.6 Å². The lowest BCUT2D eigenvalue weighted by atomic mass is 9.95. The van der Waals surface area contributed by atoms with E-state index in [0.717, 1.165) is 41.9 Å². The largest absolute Gasteiger partial charge is 0.462 e. The number of benzene rings is 1. The van der Waals surface area contributed by atoms with Crippen molar-refractivity contribution in [1.82, 2.24) is 0 Å². The third kappa shape index (κ3) is 4.77. The highest BCUT2D eigenvalue weighted by Gasteiger charge is 2.27. The number of thiophene rings is 1. The Kier molecular flexibility index (Phi) is 7.53. The standard InChI is InChI=1S/C21H25NO4S2/c1-3-26-21(24)18-14-8-4-7-11-17(14)28-20(18)22-19(23)15-9-5-6-10-16(15)27-13-12-25-2/h5-6,9-10H,3-4,7-8,11-13H2,1-2H3,(H,22,23). The first-order chi connectivity index (χ1) is 13.7.